The van der Waals surface area contributed by atoms with Crippen LogP contribution in [0.15, 0.2) is 76.2 Å². The minimum atomic E-state index is -3.92. The third-order valence-electron chi connectivity index (χ3n) is 5.05. The van der Waals surface area contributed by atoms with Crippen molar-refractivity contribution in [3.63, 3.8) is 0 Å². The highest BCUT2D eigenvalue weighted by atomic mass is 32.2. The zero-order valence-electron chi connectivity index (χ0n) is 17.3. The van der Waals surface area contributed by atoms with Crippen molar-refractivity contribution in [2.45, 2.75) is 11.8 Å². The number of aromatic nitrogens is 4. The lowest BCUT2D eigenvalue weighted by molar-refractivity contribution is 0.340. The molecule has 0 aliphatic rings. The topological polar surface area (TPSA) is 103 Å². The molecule has 2 aromatic carbocycles. The molecule has 0 atom stereocenters. The molecule has 0 aliphatic carbocycles. The van der Waals surface area contributed by atoms with Crippen LogP contribution in [0.4, 0.5) is 5.82 Å². The molecule has 0 N–H and O–H groups in total. The first-order valence-corrected chi connectivity index (χ1v) is 11.3. The van der Waals surface area contributed by atoms with Gasteiger partial charge in [0, 0.05) is 7.05 Å². The van der Waals surface area contributed by atoms with E-state index in [2.05, 4.69) is 15.2 Å². The molecule has 0 saturated carbocycles. The highest BCUT2D eigenvalue weighted by Crippen LogP contribution is 2.31. The van der Waals surface area contributed by atoms with E-state index in [0.29, 0.717) is 35.1 Å². The van der Waals surface area contributed by atoms with E-state index < -0.39 is 10.0 Å². The molecule has 5 aromatic rings. The summed E-state index contributed by atoms with van der Waals surface area (Å²) in [7, 11) is -2.47. The predicted molar refractivity (Wildman–Crippen MR) is 119 cm³/mol. The van der Waals surface area contributed by atoms with Crippen LogP contribution < -0.4 is 9.04 Å². The first-order valence-electron chi connectivity index (χ1n) is 9.90. The smallest absolute Gasteiger partial charge is 0.265 e. The normalized spacial score (nSPS) is 11.8. The molecule has 3 heterocycles. The Morgan fingerprint density at radius 1 is 1.03 bits per heavy atom. The Bertz CT molecular complexity index is 1510. The maximum absolute atomic E-state index is 13.4. The molecule has 0 bridgehead atoms. The lowest BCUT2D eigenvalue weighted by atomic mass is 10.3. The van der Waals surface area contributed by atoms with Gasteiger partial charge in [-0.1, -0.05) is 12.1 Å². The van der Waals surface area contributed by atoms with Crippen molar-refractivity contribution in [3.05, 3.63) is 66.9 Å². The van der Waals surface area contributed by atoms with Gasteiger partial charge in [0.2, 0.25) is 11.5 Å². The summed E-state index contributed by atoms with van der Waals surface area (Å²) in [5.74, 6) is 1.72. The fraction of sp³-hybridized carbons (Fsp3) is 0.136. The molecule has 0 radical (unpaired) electrons. The average molecular weight is 449 g/mol. The maximum atomic E-state index is 13.4. The van der Waals surface area contributed by atoms with Gasteiger partial charge in [-0.15, -0.1) is 10.2 Å². The molecule has 3 aromatic heterocycles. The monoisotopic (exact) mass is 449 g/mol. The number of furan rings is 1. The van der Waals surface area contributed by atoms with Gasteiger partial charge in [0.1, 0.15) is 5.75 Å². The molecule has 5 rings (SSSR count). The summed E-state index contributed by atoms with van der Waals surface area (Å²) in [6.07, 6.45) is 1.54. The standard InChI is InChI=1S/C22H19N5O4S/c1-3-30-15-10-12-16(13-11-15)32(28,29)26(2)21-22-25-24-20(19-9-6-14-31-19)27(22)18-8-5-4-7-17(18)23-21/h4-14H,3H2,1-2H3. The van der Waals surface area contributed by atoms with Gasteiger partial charge in [-0.2, -0.15) is 0 Å². The number of sulfonamides is 1. The second kappa shape index (κ2) is 7.65. The largest absolute Gasteiger partial charge is 0.494 e. The third-order valence-corrected chi connectivity index (χ3v) is 6.81. The van der Waals surface area contributed by atoms with Crippen LogP contribution in [0.5, 0.6) is 5.75 Å². The predicted octanol–water partition coefficient (Wildman–Crippen LogP) is 3.76. The summed E-state index contributed by atoms with van der Waals surface area (Å²) in [4.78, 5) is 4.72. The Hall–Kier alpha value is -3.92. The SMILES string of the molecule is CCOc1ccc(S(=O)(=O)N(C)c2nc3ccccc3n3c(-c4ccco4)nnc23)cc1. The van der Waals surface area contributed by atoms with Gasteiger partial charge < -0.3 is 9.15 Å². The van der Waals surface area contributed by atoms with Crippen LogP contribution in [0.25, 0.3) is 28.3 Å². The Balaban J connectivity index is 1.69. The lowest BCUT2D eigenvalue weighted by Gasteiger charge is -2.20. The minimum Gasteiger partial charge on any atom is -0.494 e. The quantitative estimate of drug-likeness (QED) is 0.389. The molecule has 10 heteroatoms. The van der Waals surface area contributed by atoms with Crippen molar-refractivity contribution >= 4 is 32.5 Å². The number of hydrogen-bond acceptors (Lipinski definition) is 7. The number of hydrogen-bond donors (Lipinski definition) is 0. The van der Waals surface area contributed by atoms with Crippen molar-refractivity contribution in [3.8, 4) is 17.3 Å². The minimum absolute atomic E-state index is 0.113. The Morgan fingerprint density at radius 3 is 2.53 bits per heavy atom. The number of rotatable bonds is 6. The van der Waals surface area contributed by atoms with E-state index in [-0.39, 0.29) is 10.7 Å². The molecular weight excluding hydrogens is 430 g/mol. The summed E-state index contributed by atoms with van der Waals surface area (Å²) in [6.45, 7) is 2.36. The van der Waals surface area contributed by atoms with E-state index in [1.165, 1.54) is 19.2 Å². The van der Waals surface area contributed by atoms with Crippen molar-refractivity contribution in [2.75, 3.05) is 18.0 Å². The summed E-state index contributed by atoms with van der Waals surface area (Å²) >= 11 is 0. The fourth-order valence-corrected chi connectivity index (χ4v) is 4.64. The fourth-order valence-electron chi connectivity index (χ4n) is 3.49. The summed E-state index contributed by atoms with van der Waals surface area (Å²) in [5, 5.41) is 8.51. The van der Waals surface area contributed by atoms with Crippen molar-refractivity contribution in [1.82, 2.24) is 19.6 Å². The van der Waals surface area contributed by atoms with Gasteiger partial charge in [0.25, 0.3) is 10.0 Å². The van der Waals surface area contributed by atoms with Crippen molar-refractivity contribution in [2.24, 2.45) is 0 Å². The van der Waals surface area contributed by atoms with Gasteiger partial charge in [-0.3, -0.25) is 4.40 Å². The van der Waals surface area contributed by atoms with Crippen LogP contribution in [0.1, 0.15) is 6.92 Å². The average Bonchev–Trinajstić information content (AvgIpc) is 3.49. The highest BCUT2D eigenvalue weighted by molar-refractivity contribution is 7.92. The molecule has 0 amide bonds. The summed E-state index contributed by atoms with van der Waals surface area (Å²) < 4.78 is 40.6. The van der Waals surface area contributed by atoms with Crippen LogP contribution in [0.2, 0.25) is 0 Å². The van der Waals surface area contributed by atoms with E-state index in [1.54, 1.807) is 34.9 Å². The Kier molecular flexibility index (Phi) is 4.78. The van der Waals surface area contributed by atoms with Crippen molar-refractivity contribution < 1.29 is 17.6 Å². The van der Waals surface area contributed by atoms with Crippen LogP contribution in [-0.2, 0) is 10.0 Å². The van der Waals surface area contributed by atoms with Gasteiger partial charge >= 0.3 is 0 Å². The first kappa shape index (κ1) is 20.0. The Labute approximate surface area is 183 Å². The van der Waals surface area contributed by atoms with Gasteiger partial charge in [0.15, 0.2) is 11.6 Å². The highest BCUT2D eigenvalue weighted by Gasteiger charge is 2.27. The number of nitrogens with zero attached hydrogens (tertiary/aromatic N) is 5. The number of anilines is 1. The van der Waals surface area contributed by atoms with E-state index in [4.69, 9.17) is 9.15 Å². The van der Waals surface area contributed by atoms with Crippen LogP contribution in [0, 0.1) is 0 Å². The number of fused-ring (bicyclic) bond motifs is 3. The van der Waals surface area contributed by atoms with Crippen LogP contribution in [0.3, 0.4) is 0 Å². The van der Waals surface area contributed by atoms with Gasteiger partial charge in [-0.05, 0) is 55.5 Å². The van der Waals surface area contributed by atoms with Crippen LogP contribution >= 0.6 is 0 Å². The molecule has 0 saturated heterocycles. The molecule has 162 valence electrons. The molecule has 0 spiro atoms. The second-order valence-electron chi connectivity index (χ2n) is 6.96. The summed E-state index contributed by atoms with van der Waals surface area (Å²) in [5.41, 5.74) is 1.62. The van der Waals surface area contributed by atoms with Crippen molar-refractivity contribution in [1.29, 1.82) is 0 Å². The third kappa shape index (κ3) is 3.16. The van der Waals surface area contributed by atoms with E-state index in [1.807, 2.05) is 31.2 Å². The molecule has 0 unspecified atom stereocenters. The zero-order valence-corrected chi connectivity index (χ0v) is 18.2. The zero-order chi connectivity index (χ0) is 22.3. The van der Waals surface area contributed by atoms with E-state index in [0.717, 1.165) is 9.82 Å². The number of ether oxygens (including phenoxy) is 1. The van der Waals surface area contributed by atoms with Gasteiger partial charge in [-0.25, -0.2) is 17.7 Å². The van der Waals surface area contributed by atoms with Crippen LogP contribution in [-0.4, -0.2) is 41.7 Å². The number of para-hydroxylation sites is 2. The molecule has 9 nitrogen and oxygen atoms in total. The lowest BCUT2D eigenvalue weighted by Crippen LogP contribution is -2.28. The Morgan fingerprint density at radius 2 is 1.81 bits per heavy atom. The molecule has 0 aliphatic heterocycles. The molecule has 32 heavy (non-hydrogen) atoms. The van der Waals surface area contributed by atoms with E-state index >= 15 is 0 Å². The van der Waals surface area contributed by atoms with Gasteiger partial charge in [0.05, 0.1) is 28.8 Å². The number of benzene rings is 2. The molecule has 0 fully saturated rings. The molecular formula is C22H19N5O4S. The first-order chi connectivity index (χ1) is 15.5. The summed E-state index contributed by atoms with van der Waals surface area (Å²) in [6, 6.07) is 17.2. The van der Waals surface area contributed by atoms with E-state index in [9.17, 15) is 8.42 Å². The second-order valence-corrected chi connectivity index (χ2v) is 8.93. The maximum Gasteiger partial charge on any atom is 0.265 e.